The molecule has 3 rings (SSSR count). The van der Waals surface area contributed by atoms with Crippen molar-refractivity contribution in [3.05, 3.63) is 23.7 Å². The van der Waals surface area contributed by atoms with Gasteiger partial charge >= 0.3 is 5.97 Å². The summed E-state index contributed by atoms with van der Waals surface area (Å²) in [6, 6.07) is 0. The van der Waals surface area contributed by atoms with Crippen molar-refractivity contribution in [1.82, 2.24) is 4.98 Å². The van der Waals surface area contributed by atoms with Gasteiger partial charge < -0.3 is 28.8 Å². The zero-order chi connectivity index (χ0) is 26.8. The SMILES string of the molecule is CC[C@H]1C(=O)C(C)(C)[C@@H](O)CC(=O)O[C@H](/C(F)=C/c2coc(C)n2)CC2O[C@]2(C)CCO[C@H](C)[C@H]1O. The van der Waals surface area contributed by atoms with Gasteiger partial charge in [0, 0.05) is 38.4 Å². The standard InChI is InChI=1S/C26H38FNO8/c1-7-17-23(31)14(2)33-9-8-26(6)21(36-26)11-19(18(27)10-16-13-34-15(3)28-16)35-22(30)12-20(29)25(4,5)24(17)32/h10,13-14,17,19-21,23,29,31H,7-9,11-12H2,1-6H3/b18-10-/t14-,17-,19+,20+,21?,23-,26-/m1/s1. The highest BCUT2D eigenvalue weighted by Gasteiger charge is 2.53. The quantitative estimate of drug-likeness (QED) is 0.463. The third-order valence-corrected chi connectivity index (χ3v) is 7.44. The van der Waals surface area contributed by atoms with E-state index in [0.717, 1.165) is 6.08 Å². The summed E-state index contributed by atoms with van der Waals surface area (Å²) in [6.07, 6.45) is -2.03. The highest BCUT2D eigenvalue weighted by atomic mass is 19.1. The Morgan fingerprint density at radius 1 is 1.28 bits per heavy atom. The van der Waals surface area contributed by atoms with Crippen LogP contribution in [0.3, 0.4) is 0 Å². The Kier molecular flexibility index (Phi) is 8.75. The lowest BCUT2D eigenvalue weighted by Gasteiger charge is -2.35. The van der Waals surface area contributed by atoms with Crippen LogP contribution < -0.4 is 0 Å². The summed E-state index contributed by atoms with van der Waals surface area (Å²) in [6.45, 7) is 10.2. The van der Waals surface area contributed by atoms with E-state index in [-0.39, 0.29) is 24.5 Å². The molecule has 0 aromatic carbocycles. The zero-order valence-corrected chi connectivity index (χ0v) is 21.8. The summed E-state index contributed by atoms with van der Waals surface area (Å²) >= 11 is 0. The number of fused-ring (bicyclic) bond motifs is 1. The number of aliphatic hydroxyl groups excluding tert-OH is 2. The van der Waals surface area contributed by atoms with E-state index < -0.39 is 65.7 Å². The van der Waals surface area contributed by atoms with Crippen LogP contribution in [0.4, 0.5) is 4.39 Å². The summed E-state index contributed by atoms with van der Waals surface area (Å²) < 4.78 is 37.4. The lowest BCUT2D eigenvalue weighted by molar-refractivity contribution is -0.156. The third-order valence-electron chi connectivity index (χ3n) is 7.44. The van der Waals surface area contributed by atoms with Crippen molar-refractivity contribution in [3.63, 3.8) is 0 Å². The number of cyclic esters (lactones) is 1. The van der Waals surface area contributed by atoms with Gasteiger partial charge in [0.05, 0.1) is 41.9 Å². The molecule has 0 amide bonds. The van der Waals surface area contributed by atoms with Crippen LogP contribution in [0.1, 0.15) is 71.9 Å². The van der Waals surface area contributed by atoms with E-state index in [1.807, 2.05) is 6.92 Å². The average molecular weight is 512 g/mol. The van der Waals surface area contributed by atoms with Gasteiger partial charge in [0.2, 0.25) is 0 Å². The van der Waals surface area contributed by atoms with E-state index in [2.05, 4.69) is 4.98 Å². The van der Waals surface area contributed by atoms with Crippen molar-refractivity contribution in [2.75, 3.05) is 6.61 Å². The summed E-state index contributed by atoms with van der Waals surface area (Å²) in [4.78, 5) is 30.2. The molecule has 0 spiro atoms. The number of ketones is 1. The van der Waals surface area contributed by atoms with Crippen LogP contribution in [0.5, 0.6) is 0 Å². The molecule has 3 heterocycles. The van der Waals surface area contributed by atoms with E-state index in [9.17, 15) is 19.8 Å². The predicted molar refractivity (Wildman–Crippen MR) is 127 cm³/mol. The summed E-state index contributed by atoms with van der Waals surface area (Å²) in [5, 5.41) is 21.7. The Balaban J connectivity index is 1.87. The number of esters is 1. The molecule has 0 bridgehead atoms. The van der Waals surface area contributed by atoms with Crippen LogP contribution in [0.25, 0.3) is 6.08 Å². The fourth-order valence-corrected chi connectivity index (χ4v) is 4.62. The molecular weight excluding hydrogens is 473 g/mol. The Hall–Kier alpha value is -2.14. The smallest absolute Gasteiger partial charge is 0.309 e. The number of Topliss-reactive ketones (excluding diaryl/α,β-unsaturated/α-hetero) is 1. The minimum Gasteiger partial charge on any atom is -0.455 e. The van der Waals surface area contributed by atoms with E-state index in [1.54, 1.807) is 20.8 Å². The number of nitrogens with zero attached hydrogens (tertiary/aromatic N) is 1. The molecule has 9 nitrogen and oxygen atoms in total. The lowest BCUT2D eigenvalue weighted by atomic mass is 9.73. The Labute approximate surface area is 211 Å². The highest BCUT2D eigenvalue weighted by Crippen LogP contribution is 2.44. The van der Waals surface area contributed by atoms with Crippen LogP contribution >= 0.6 is 0 Å². The van der Waals surface area contributed by atoms with Crippen molar-refractivity contribution < 1.29 is 42.8 Å². The number of aromatic nitrogens is 1. The average Bonchev–Trinajstić information content (AvgIpc) is 3.24. The minimum absolute atomic E-state index is 0.0515. The van der Waals surface area contributed by atoms with Crippen LogP contribution in [0.15, 0.2) is 16.5 Å². The molecule has 2 aliphatic heterocycles. The molecule has 1 unspecified atom stereocenters. The molecule has 2 aliphatic rings. The van der Waals surface area contributed by atoms with Gasteiger partial charge in [0.25, 0.3) is 0 Å². The fourth-order valence-electron chi connectivity index (χ4n) is 4.62. The third kappa shape index (κ3) is 6.40. The maximum Gasteiger partial charge on any atom is 0.309 e. The van der Waals surface area contributed by atoms with Crippen LogP contribution in [-0.2, 0) is 23.8 Å². The van der Waals surface area contributed by atoms with Crippen molar-refractivity contribution in [3.8, 4) is 0 Å². The van der Waals surface area contributed by atoms with Gasteiger partial charge in [0.1, 0.15) is 23.6 Å². The van der Waals surface area contributed by atoms with Gasteiger partial charge in [-0.1, -0.05) is 20.8 Å². The Bertz CT molecular complexity index is 975. The van der Waals surface area contributed by atoms with E-state index in [1.165, 1.54) is 20.1 Å². The number of ether oxygens (including phenoxy) is 3. The first kappa shape index (κ1) is 28.4. The fraction of sp³-hybridized carbons (Fsp3) is 0.731. The Morgan fingerprint density at radius 3 is 2.58 bits per heavy atom. The second kappa shape index (κ2) is 11.1. The van der Waals surface area contributed by atoms with Gasteiger partial charge in [-0.25, -0.2) is 9.37 Å². The maximum absolute atomic E-state index is 15.2. The number of oxazole rings is 1. The number of epoxide rings is 1. The van der Waals surface area contributed by atoms with Gasteiger partial charge in [-0.15, -0.1) is 0 Å². The topological polar surface area (TPSA) is 132 Å². The van der Waals surface area contributed by atoms with Crippen LogP contribution in [0.2, 0.25) is 0 Å². The number of hydrogen-bond acceptors (Lipinski definition) is 9. The molecule has 1 aromatic rings. The van der Waals surface area contributed by atoms with Crippen LogP contribution in [-0.4, -0.2) is 69.7 Å². The number of carbonyl (C=O) groups is 2. The molecule has 7 atom stereocenters. The molecular formula is C26H38FNO8. The van der Waals surface area contributed by atoms with E-state index in [4.69, 9.17) is 18.6 Å². The lowest BCUT2D eigenvalue weighted by Crippen LogP contribution is -2.48. The maximum atomic E-state index is 15.2. The minimum atomic E-state index is -1.41. The normalized spacial score (nSPS) is 36.8. The monoisotopic (exact) mass is 511 g/mol. The second-order valence-corrected chi connectivity index (χ2v) is 10.6. The first-order valence-electron chi connectivity index (χ1n) is 12.5. The Morgan fingerprint density at radius 2 is 1.97 bits per heavy atom. The molecule has 2 saturated heterocycles. The van der Waals surface area contributed by atoms with E-state index >= 15 is 4.39 Å². The van der Waals surface area contributed by atoms with Gasteiger partial charge in [-0.2, -0.15) is 0 Å². The molecule has 1 aromatic heterocycles. The molecule has 202 valence electrons. The van der Waals surface area contributed by atoms with Crippen molar-refractivity contribution in [2.45, 2.75) is 103 Å². The van der Waals surface area contributed by atoms with Crippen LogP contribution in [0, 0.1) is 18.3 Å². The zero-order valence-electron chi connectivity index (χ0n) is 21.8. The second-order valence-electron chi connectivity index (χ2n) is 10.6. The molecule has 0 radical (unpaired) electrons. The summed E-state index contributed by atoms with van der Waals surface area (Å²) in [5.74, 6) is -2.41. The summed E-state index contributed by atoms with van der Waals surface area (Å²) in [5.41, 5.74) is -1.73. The number of aryl methyl sites for hydroxylation is 1. The molecule has 0 saturated carbocycles. The van der Waals surface area contributed by atoms with Crippen molar-refractivity contribution >= 4 is 17.8 Å². The predicted octanol–water partition coefficient (Wildman–Crippen LogP) is 3.30. The summed E-state index contributed by atoms with van der Waals surface area (Å²) in [7, 11) is 0. The van der Waals surface area contributed by atoms with E-state index in [0.29, 0.717) is 18.7 Å². The van der Waals surface area contributed by atoms with Gasteiger partial charge in [-0.05, 0) is 20.3 Å². The van der Waals surface area contributed by atoms with Gasteiger partial charge in [-0.3, -0.25) is 9.59 Å². The molecule has 10 heteroatoms. The largest absolute Gasteiger partial charge is 0.455 e. The first-order valence-corrected chi connectivity index (χ1v) is 12.5. The molecule has 2 fully saturated rings. The molecule has 2 N–H and O–H groups in total. The highest BCUT2D eigenvalue weighted by molar-refractivity contribution is 5.88. The number of halogens is 1. The number of hydrogen-bond donors (Lipinski definition) is 2. The number of rotatable bonds is 3. The van der Waals surface area contributed by atoms with Gasteiger partial charge in [0.15, 0.2) is 12.0 Å². The van der Waals surface area contributed by atoms with Crippen molar-refractivity contribution in [1.29, 1.82) is 0 Å². The number of carbonyl (C=O) groups excluding carboxylic acids is 2. The molecule has 36 heavy (non-hydrogen) atoms. The molecule has 0 aliphatic carbocycles. The first-order chi connectivity index (χ1) is 16.8. The number of aliphatic hydroxyl groups is 2. The van der Waals surface area contributed by atoms with Crippen molar-refractivity contribution in [2.24, 2.45) is 11.3 Å².